The second kappa shape index (κ2) is 7.30. The Labute approximate surface area is 217 Å². The number of carbonyl (C=O) groups excluding carboxylic acids is 1. The molecule has 2 heterocycles. The number of benzene rings is 5. The summed E-state index contributed by atoms with van der Waals surface area (Å²) in [7, 11) is 0. The molecule has 4 nitrogen and oxygen atoms in total. The molecular formula is C34H21NO3. The molecule has 5 aromatic carbocycles. The van der Waals surface area contributed by atoms with Gasteiger partial charge in [0.2, 0.25) is 5.43 Å². The van der Waals surface area contributed by atoms with Gasteiger partial charge in [-0.2, -0.15) is 0 Å². The summed E-state index contributed by atoms with van der Waals surface area (Å²) in [4.78, 5) is 27.0. The van der Waals surface area contributed by atoms with E-state index in [2.05, 4.69) is 60.9 Å². The topological polar surface area (TPSA) is 52.2 Å². The lowest BCUT2D eigenvalue weighted by atomic mass is 10.0. The van der Waals surface area contributed by atoms with Gasteiger partial charge in [0.1, 0.15) is 11.2 Å². The van der Waals surface area contributed by atoms with Crippen molar-refractivity contribution >= 4 is 49.5 Å². The highest BCUT2D eigenvalue weighted by Gasteiger charge is 2.29. The van der Waals surface area contributed by atoms with Gasteiger partial charge in [-0.15, -0.1) is 0 Å². The number of hydrogen-bond acceptors (Lipinski definition) is 3. The Morgan fingerprint density at radius 1 is 0.553 bits per heavy atom. The van der Waals surface area contributed by atoms with E-state index in [1.165, 1.54) is 21.9 Å². The molecule has 0 saturated carbocycles. The Kier molecular flexibility index (Phi) is 4.06. The average Bonchev–Trinajstić information content (AvgIpc) is 3.42. The van der Waals surface area contributed by atoms with Crippen LogP contribution >= 0.6 is 0 Å². The van der Waals surface area contributed by atoms with Crippen LogP contribution < -0.4 is 5.43 Å². The van der Waals surface area contributed by atoms with Gasteiger partial charge in [0, 0.05) is 27.6 Å². The van der Waals surface area contributed by atoms with Crippen molar-refractivity contribution in [1.82, 2.24) is 4.57 Å². The number of fused-ring (bicyclic) bond motifs is 8. The van der Waals surface area contributed by atoms with Crippen molar-refractivity contribution in [2.45, 2.75) is 13.8 Å². The van der Waals surface area contributed by atoms with E-state index in [0.717, 1.165) is 27.8 Å². The minimum atomic E-state index is -0.0848. The van der Waals surface area contributed by atoms with Crippen LogP contribution in [0, 0.1) is 13.8 Å². The van der Waals surface area contributed by atoms with Crippen molar-refractivity contribution in [3.8, 4) is 16.8 Å². The maximum absolute atomic E-state index is 13.7. The molecule has 0 bridgehead atoms. The van der Waals surface area contributed by atoms with Gasteiger partial charge in [-0.1, -0.05) is 54.6 Å². The van der Waals surface area contributed by atoms with Gasteiger partial charge in [0.15, 0.2) is 5.78 Å². The molecule has 2 aromatic heterocycles. The highest BCUT2D eigenvalue weighted by atomic mass is 16.3. The van der Waals surface area contributed by atoms with Gasteiger partial charge in [0.05, 0.1) is 21.8 Å². The molecule has 8 rings (SSSR count). The quantitative estimate of drug-likeness (QED) is 0.220. The van der Waals surface area contributed by atoms with Crippen molar-refractivity contribution in [3.05, 3.63) is 123 Å². The first-order valence-corrected chi connectivity index (χ1v) is 12.7. The Hall–Kier alpha value is -4.96. The number of nitrogens with zero attached hydrogens (tertiary/aromatic N) is 1. The molecule has 1 aliphatic carbocycles. The van der Waals surface area contributed by atoms with Crippen LogP contribution in [-0.2, 0) is 0 Å². The van der Waals surface area contributed by atoms with E-state index < -0.39 is 0 Å². The van der Waals surface area contributed by atoms with E-state index in [4.69, 9.17) is 4.42 Å². The van der Waals surface area contributed by atoms with Crippen LogP contribution in [0.4, 0.5) is 0 Å². The summed E-state index contributed by atoms with van der Waals surface area (Å²) < 4.78 is 8.33. The molecule has 0 spiro atoms. The van der Waals surface area contributed by atoms with E-state index in [1.54, 1.807) is 18.2 Å². The molecule has 0 atom stereocenters. The summed E-state index contributed by atoms with van der Waals surface area (Å²) in [6.45, 7) is 4.25. The zero-order valence-electron chi connectivity index (χ0n) is 20.8. The monoisotopic (exact) mass is 491 g/mol. The third kappa shape index (κ3) is 2.64. The third-order valence-electron chi connectivity index (χ3n) is 7.97. The summed E-state index contributed by atoms with van der Waals surface area (Å²) in [5, 5.41) is 3.42. The summed E-state index contributed by atoms with van der Waals surface area (Å²) in [6.07, 6.45) is 0. The predicted molar refractivity (Wildman–Crippen MR) is 153 cm³/mol. The van der Waals surface area contributed by atoms with Crippen LogP contribution in [0.5, 0.6) is 0 Å². The number of hydrogen-bond donors (Lipinski definition) is 0. The van der Waals surface area contributed by atoms with E-state index in [9.17, 15) is 9.59 Å². The summed E-state index contributed by atoms with van der Waals surface area (Å²) in [6, 6.07) is 29.6. The number of para-hydroxylation sites is 3. The Balaban J connectivity index is 1.40. The molecule has 0 N–H and O–H groups in total. The minimum Gasteiger partial charge on any atom is -0.456 e. The largest absolute Gasteiger partial charge is 0.456 e. The van der Waals surface area contributed by atoms with E-state index in [1.807, 2.05) is 30.3 Å². The summed E-state index contributed by atoms with van der Waals surface area (Å²) in [5.74, 6) is -0.0521. The van der Waals surface area contributed by atoms with E-state index >= 15 is 0 Å². The van der Waals surface area contributed by atoms with Crippen LogP contribution in [0.3, 0.4) is 0 Å². The Morgan fingerprint density at radius 2 is 1.21 bits per heavy atom. The second-order valence-electron chi connectivity index (χ2n) is 10.2. The number of carbonyl (C=O) groups is 1. The molecule has 38 heavy (non-hydrogen) atoms. The van der Waals surface area contributed by atoms with Crippen molar-refractivity contribution in [3.63, 3.8) is 0 Å². The fraction of sp³-hybridized carbons (Fsp3) is 0.0588. The second-order valence-corrected chi connectivity index (χ2v) is 10.2. The van der Waals surface area contributed by atoms with Gasteiger partial charge < -0.3 is 8.98 Å². The normalized spacial score (nSPS) is 12.6. The van der Waals surface area contributed by atoms with Crippen LogP contribution in [0.1, 0.15) is 27.0 Å². The maximum atomic E-state index is 13.7. The van der Waals surface area contributed by atoms with Crippen LogP contribution in [0.2, 0.25) is 0 Å². The van der Waals surface area contributed by atoms with Gasteiger partial charge in [0.25, 0.3) is 0 Å². The zero-order valence-corrected chi connectivity index (χ0v) is 20.8. The zero-order chi connectivity index (χ0) is 25.7. The number of rotatable bonds is 1. The van der Waals surface area contributed by atoms with Crippen molar-refractivity contribution in [2.75, 3.05) is 0 Å². The van der Waals surface area contributed by atoms with Crippen molar-refractivity contribution in [2.24, 2.45) is 0 Å². The Bertz CT molecular complexity index is 2190. The molecule has 1 aliphatic rings. The first kappa shape index (κ1) is 21.2. The molecule has 7 aromatic rings. The molecule has 4 heteroatoms. The standard InChI is InChI=1S/C34H21NO3/c1-18-7-5-10-22-23-11-6-8-19(2)32(23)35(31(18)22)20-13-14-21-25-16-28-30(17-27(25)34(37)26(21)15-20)38-29-12-4-3-9-24(29)33(28)36/h3-17H,1-2H3. The fourth-order valence-corrected chi connectivity index (χ4v) is 6.21. The molecular weight excluding hydrogens is 470 g/mol. The van der Waals surface area contributed by atoms with Gasteiger partial charge >= 0.3 is 0 Å². The number of aromatic nitrogens is 1. The summed E-state index contributed by atoms with van der Waals surface area (Å²) >= 11 is 0. The first-order chi connectivity index (χ1) is 18.5. The smallest absolute Gasteiger partial charge is 0.200 e. The van der Waals surface area contributed by atoms with E-state index in [-0.39, 0.29) is 11.2 Å². The predicted octanol–water partition coefficient (Wildman–Crippen LogP) is 7.87. The average molecular weight is 492 g/mol. The van der Waals surface area contributed by atoms with Gasteiger partial charge in [-0.25, -0.2) is 0 Å². The van der Waals surface area contributed by atoms with Crippen LogP contribution in [-0.4, -0.2) is 10.4 Å². The van der Waals surface area contributed by atoms with Gasteiger partial charge in [-0.05, 0) is 72.5 Å². The van der Waals surface area contributed by atoms with Gasteiger partial charge in [-0.3, -0.25) is 9.59 Å². The van der Waals surface area contributed by atoms with Crippen molar-refractivity contribution in [1.29, 1.82) is 0 Å². The van der Waals surface area contributed by atoms with Crippen LogP contribution in [0.25, 0.3) is 60.6 Å². The number of aryl methyl sites for hydroxylation is 2. The summed E-state index contributed by atoms with van der Waals surface area (Å²) in [5.41, 5.74) is 9.29. The lowest BCUT2D eigenvalue weighted by Gasteiger charge is -2.12. The lowest BCUT2D eigenvalue weighted by molar-refractivity contribution is 0.104. The molecule has 180 valence electrons. The molecule has 0 unspecified atom stereocenters. The van der Waals surface area contributed by atoms with E-state index in [0.29, 0.717) is 33.1 Å². The maximum Gasteiger partial charge on any atom is 0.200 e. The highest BCUT2D eigenvalue weighted by molar-refractivity contribution is 6.23. The van der Waals surface area contributed by atoms with Crippen LogP contribution in [0.15, 0.2) is 100 Å². The molecule has 0 amide bonds. The third-order valence-corrected chi connectivity index (χ3v) is 7.97. The Morgan fingerprint density at radius 3 is 1.95 bits per heavy atom. The highest BCUT2D eigenvalue weighted by Crippen LogP contribution is 2.42. The molecule has 0 radical (unpaired) electrons. The molecule has 0 saturated heterocycles. The molecule has 0 fully saturated rings. The minimum absolute atomic E-state index is 0.0521. The fourth-order valence-electron chi connectivity index (χ4n) is 6.21. The molecule has 0 aliphatic heterocycles. The first-order valence-electron chi connectivity index (χ1n) is 12.7. The van der Waals surface area contributed by atoms with Crippen molar-refractivity contribution < 1.29 is 9.21 Å². The number of ketones is 1. The lowest BCUT2D eigenvalue weighted by Crippen LogP contribution is -2.03. The SMILES string of the molecule is Cc1cccc2c3cccc(C)c3n(-c3ccc4c(c3)C(=O)c3cc5oc6ccccc6c(=O)c5cc3-4)c12.